The summed E-state index contributed by atoms with van der Waals surface area (Å²) >= 11 is 0. The topological polar surface area (TPSA) is 92.4 Å². The summed E-state index contributed by atoms with van der Waals surface area (Å²) in [7, 11) is 0. The van der Waals surface area contributed by atoms with Gasteiger partial charge in [-0.25, -0.2) is 9.97 Å². The molecular formula is C21H21N5O2. The zero-order valence-corrected chi connectivity index (χ0v) is 16.0. The van der Waals surface area contributed by atoms with Crippen LogP contribution >= 0.6 is 0 Å². The van der Waals surface area contributed by atoms with E-state index >= 15 is 0 Å². The molecule has 0 aliphatic heterocycles. The Balaban J connectivity index is 1.90. The third-order valence-electron chi connectivity index (χ3n) is 4.81. The van der Waals surface area contributed by atoms with Crippen LogP contribution < -0.4 is 5.32 Å². The van der Waals surface area contributed by atoms with Crippen LogP contribution in [0.15, 0.2) is 43.0 Å². The van der Waals surface area contributed by atoms with Gasteiger partial charge in [-0.1, -0.05) is 6.92 Å². The molecule has 4 aromatic rings. The lowest BCUT2D eigenvalue weighted by Gasteiger charge is -2.13. The maximum atomic E-state index is 11.3. The Bertz CT molecular complexity index is 1200. The second-order valence-corrected chi connectivity index (χ2v) is 6.84. The van der Waals surface area contributed by atoms with Crippen LogP contribution in [-0.4, -0.2) is 30.4 Å². The SMILES string of the molecule is CC[C@H](O)c1cc(C)c(-c2cc3cnc(NC(C)=O)cc3n3ccnc23)cn1. The van der Waals surface area contributed by atoms with E-state index in [1.807, 2.05) is 42.6 Å². The van der Waals surface area contributed by atoms with Crippen LogP contribution in [0.3, 0.4) is 0 Å². The minimum absolute atomic E-state index is 0.165. The molecule has 1 amide bonds. The fraction of sp³-hybridized carbons (Fsp3) is 0.238. The van der Waals surface area contributed by atoms with E-state index in [0.29, 0.717) is 17.9 Å². The molecule has 142 valence electrons. The van der Waals surface area contributed by atoms with Crippen molar-refractivity contribution in [1.82, 2.24) is 19.4 Å². The van der Waals surface area contributed by atoms with Crippen molar-refractivity contribution in [3.8, 4) is 11.1 Å². The number of aryl methyl sites for hydroxylation is 1. The maximum absolute atomic E-state index is 11.3. The number of fused-ring (bicyclic) bond motifs is 3. The number of hydrogen-bond acceptors (Lipinski definition) is 5. The number of rotatable bonds is 4. The normalized spacial score (nSPS) is 12.4. The van der Waals surface area contributed by atoms with E-state index in [-0.39, 0.29) is 5.91 Å². The number of aliphatic hydroxyl groups is 1. The van der Waals surface area contributed by atoms with Gasteiger partial charge in [0.25, 0.3) is 0 Å². The van der Waals surface area contributed by atoms with Gasteiger partial charge < -0.3 is 10.4 Å². The van der Waals surface area contributed by atoms with Crippen molar-refractivity contribution < 1.29 is 9.90 Å². The highest BCUT2D eigenvalue weighted by Gasteiger charge is 2.15. The summed E-state index contributed by atoms with van der Waals surface area (Å²) in [5, 5.41) is 13.7. The molecule has 0 aromatic carbocycles. The van der Waals surface area contributed by atoms with Crippen LogP contribution in [0.1, 0.15) is 37.6 Å². The third kappa shape index (κ3) is 3.10. The van der Waals surface area contributed by atoms with Crippen molar-refractivity contribution in [2.45, 2.75) is 33.3 Å². The number of hydrogen-bond donors (Lipinski definition) is 2. The van der Waals surface area contributed by atoms with E-state index in [0.717, 1.165) is 33.2 Å². The van der Waals surface area contributed by atoms with Gasteiger partial charge in [0.1, 0.15) is 11.5 Å². The molecule has 0 aliphatic carbocycles. The van der Waals surface area contributed by atoms with E-state index in [1.54, 1.807) is 18.6 Å². The van der Waals surface area contributed by atoms with Gasteiger partial charge in [0.15, 0.2) is 0 Å². The number of nitrogens with one attached hydrogen (secondary N) is 1. The smallest absolute Gasteiger partial charge is 0.222 e. The molecule has 0 radical (unpaired) electrons. The molecular weight excluding hydrogens is 354 g/mol. The molecule has 0 aliphatic rings. The molecule has 7 nitrogen and oxygen atoms in total. The monoisotopic (exact) mass is 375 g/mol. The lowest BCUT2D eigenvalue weighted by Crippen LogP contribution is -2.07. The van der Waals surface area contributed by atoms with Crippen LogP contribution in [0.2, 0.25) is 0 Å². The lowest BCUT2D eigenvalue weighted by atomic mass is 10.0. The number of imidazole rings is 1. The fourth-order valence-corrected chi connectivity index (χ4v) is 3.39. The second-order valence-electron chi connectivity index (χ2n) is 6.84. The van der Waals surface area contributed by atoms with Crippen LogP contribution in [0.25, 0.3) is 27.7 Å². The molecule has 0 fully saturated rings. The Morgan fingerprint density at radius 2 is 2.00 bits per heavy atom. The summed E-state index contributed by atoms with van der Waals surface area (Å²) in [6.45, 7) is 5.39. The zero-order valence-electron chi connectivity index (χ0n) is 16.0. The number of amides is 1. The van der Waals surface area contributed by atoms with Gasteiger partial charge in [-0.3, -0.25) is 14.2 Å². The minimum Gasteiger partial charge on any atom is -0.387 e. The molecule has 4 heterocycles. The van der Waals surface area contributed by atoms with E-state index in [2.05, 4.69) is 20.3 Å². The Hall–Kier alpha value is -3.32. The van der Waals surface area contributed by atoms with Crippen molar-refractivity contribution >= 4 is 28.3 Å². The van der Waals surface area contributed by atoms with Gasteiger partial charge in [0, 0.05) is 54.3 Å². The summed E-state index contributed by atoms with van der Waals surface area (Å²) < 4.78 is 1.98. The van der Waals surface area contributed by atoms with E-state index in [4.69, 9.17) is 0 Å². The molecule has 2 N–H and O–H groups in total. The van der Waals surface area contributed by atoms with Crippen LogP contribution in [-0.2, 0) is 4.79 Å². The van der Waals surface area contributed by atoms with Gasteiger partial charge >= 0.3 is 0 Å². The summed E-state index contributed by atoms with van der Waals surface area (Å²) in [4.78, 5) is 24.7. The minimum atomic E-state index is -0.563. The standard InChI is InChI=1S/C21H21N5O2/c1-4-19(28)17-7-12(2)16(11-23-17)15-8-14-10-24-20(25-13(3)27)9-18(14)26-6-5-22-21(15)26/h5-11,19,28H,4H2,1-3H3,(H,24,25,27)/t19-/m0/s1. The highest BCUT2D eigenvalue weighted by atomic mass is 16.3. The van der Waals surface area contributed by atoms with Gasteiger partial charge in [-0.05, 0) is 31.0 Å². The number of aromatic nitrogens is 4. The van der Waals surface area contributed by atoms with Gasteiger partial charge in [0.05, 0.1) is 17.3 Å². The second kappa shape index (κ2) is 7.01. The van der Waals surface area contributed by atoms with Crippen molar-refractivity contribution in [1.29, 1.82) is 0 Å². The number of nitrogens with zero attached hydrogens (tertiary/aromatic N) is 4. The zero-order chi connectivity index (χ0) is 19.8. The molecule has 7 heteroatoms. The first-order valence-corrected chi connectivity index (χ1v) is 9.16. The van der Waals surface area contributed by atoms with Crippen molar-refractivity contribution in [3.63, 3.8) is 0 Å². The van der Waals surface area contributed by atoms with Gasteiger partial charge in [-0.2, -0.15) is 0 Å². The number of carbonyl (C=O) groups excluding carboxylic acids is 1. The summed E-state index contributed by atoms with van der Waals surface area (Å²) in [6.07, 6.45) is 7.21. The van der Waals surface area contributed by atoms with E-state index in [9.17, 15) is 9.90 Å². The Kier molecular flexibility index (Phi) is 4.52. The lowest BCUT2D eigenvalue weighted by molar-refractivity contribution is -0.114. The largest absolute Gasteiger partial charge is 0.387 e. The Labute approximate surface area is 162 Å². The first-order valence-electron chi connectivity index (χ1n) is 9.16. The summed E-state index contributed by atoms with van der Waals surface area (Å²) in [6, 6.07) is 5.79. The molecule has 4 rings (SSSR count). The van der Waals surface area contributed by atoms with Crippen molar-refractivity contribution in [2.75, 3.05) is 5.32 Å². The highest BCUT2D eigenvalue weighted by molar-refractivity contribution is 5.95. The van der Waals surface area contributed by atoms with Gasteiger partial charge in [-0.15, -0.1) is 0 Å². The van der Waals surface area contributed by atoms with Crippen molar-refractivity contribution in [2.24, 2.45) is 0 Å². The molecule has 0 saturated heterocycles. The quantitative estimate of drug-likeness (QED) is 0.568. The molecule has 1 atom stereocenters. The Morgan fingerprint density at radius 1 is 1.18 bits per heavy atom. The highest BCUT2D eigenvalue weighted by Crippen LogP contribution is 2.32. The number of anilines is 1. The van der Waals surface area contributed by atoms with Crippen LogP contribution in [0.5, 0.6) is 0 Å². The predicted octanol–water partition coefficient (Wildman–Crippen LogP) is 3.65. The molecule has 0 spiro atoms. The van der Waals surface area contributed by atoms with Crippen molar-refractivity contribution in [3.05, 3.63) is 54.2 Å². The Morgan fingerprint density at radius 3 is 2.71 bits per heavy atom. The third-order valence-corrected chi connectivity index (χ3v) is 4.81. The number of aliphatic hydroxyl groups excluding tert-OH is 1. The first kappa shape index (κ1) is 18.1. The average Bonchev–Trinajstić information content (AvgIpc) is 3.17. The number of pyridine rings is 3. The first-order chi connectivity index (χ1) is 13.5. The molecule has 0 unspecified atom stereocenters. The molecule has 0 saturated carbocycles. The van der Waals surface area contributed by atoms with Crippen LogP contribution in [0, 0.1) is 6.92 Å². The van der Waals surface area contributed by atoms with E-state index in [1.165, 1.54) is 6.92 Å². The number of carbonyl (C=O) groups is 1. The summed E-state index contributed by atoms with van der Waals surface area (Å²) in [5.74, 6) is 0.333. The van der Waals surface area contributed by atoms with Gasteiger partial charge in [0.2, 0.25) is 5.91 Å². The molecule has 0 bridgehead atoms. The van der Waals surface area contributed by atoms with E-state index < -0.39 is 6.10 Å². The average molecular weight is 375 g/mol. The fourth-order valence-electron chi connectivity index (χ4n) is 3.39. The maximum Gasteiger partial charge on any atom is 0.222 e. The molecule has 4 aromatic heterocycles. The summed E-state index contributed by atoms with van der Waals surface area (Å²) in [5.41, 5.74) is 5.28. The molecule has 28 heavy (non-hydrogen) atoms. The van der Waals surface area contributed by atoms with Crippen LogP contribution in [0.4, 0.5) is 5.82 Å². The predicted molar refractivity (Wildman–Crippen MR) is 108 cm³/mol.